The molecular formula is C23H28BrNO4S. The lowest BCUT2D eigenvalue weighted by Crippen LogP contribution is -2.43. The van der Waals surface area contributed by atoms with Crippen LogP contribution in [0.25, 0.3) is 0 Å². The van der Waals surface area contributed by atoms with Gasteiger partial charge in [-0.1, -0.05) is 61.0 Å². The van der Waals surface area contributed by atoms with Gasteiger partial charge in [0, 0.05) is 17.1 Å². The average Bonchev–Trinajstić information content (AvgIpc) is 3.03. The van der Waals surface area contributed by atoms with Crippen LogP contribution in [0.15, 0.2) is 53.0 Å². The SMILES string of the molecule is CC(C)(C)c1ccc(OCC(=O)N(Cc2cccc(Br)c2)[C@@H]2CCS(=O)(=O)C2)cc1. The van der Waals surface area contributed by atoms with Crippen molar-refractivity contribution in [3.63, 3.8) is 0 Å². The molecule has 7 heteroatoms. The molecule has 1 amide bonds. The van der Waals surface area contributed by atoms with Gasteiger partial charge in [0.05, 0.1) is 11.5 Å². The summed E-state index contributed by atoms with van der Waals surface area (Å²) in [5.41, 5.74) is 2.17. The zero-order valence-corrected chi connectivity index (χ0v) is 20.0. The highest BCUT2D eigenvalue weighted by molar-refractivity contribution is 9.10. The number of halogens is 1. The third-order valence-corrected chi connectivity index (χ3v) is 7.54. The van der Waals surface area contributed by atoms with Crippen LogP contribution in [-0.4, -0.2) is 43.4 Å². The van der Waals surface area contributed by atoms with Crippen molar-refractivity contribution in [3.05, 3.63) is 64.1 Å². The number of carbonyl (C=O) groups is 1. The van der Waals surface area contributed by atoms with E-state index in [1.807, 2.05) is 48.5 Å². The highest BCUT2D eigenvalue weighted by atomic mass is 79.9. The van der Waals surface area contributed by atoms with E-state index in [4.69, 9.17) is 4.74 Å². The fraction of sp³-hybridized carbons (Fsp3) is 0.435. The minimum Gasteiger partial charge on any atom is -0.484 e. The van der Waals surface area contributed by atoms with Crippen LogP contribution in [0.2, 0.25) is 0 Å². The van der Waals surface area contributed by atoms with Crippen molar-refractivity contribution in [2.45, 2.75) is 45.2 Å². The van der Waals surface area contributed by atoms with Gasteiger partial charge in [-0.15, -0.1) is 0 Å². The molecule has 1 aliphatic heterocycles. The maximum atomic E-state index is 13.0. The molecule has 2 aromatic rings. The molecule has 1 aliphatic rings. The summed E-state index contributed by atoms with van der Waals surface area (Å²) in [6, 6.07) is 15.1. The van der Waals surface area contributed by atoms with E-state index in [1.54, 1.807) is 4.90 Å². The van der Waals surface area contributed by atoms with E-state index in [0.29, 0.717) is 18.7 Å². The van der Waals surface area contributed by atoms with E-state index < -0.39 is 9.84 Å². The van der Waals surface area contributed by atoms with Gasteiger partial charge in [0.2, 0.25) is 0 Å². The minimum atomic E-state index is -3.10. The monoisotopic (exact) mass is 493 g/mol. The number of hydrogen-bond donors (Lipinski definition) is 0. The Labute approximate surface area is 187 Å². The Morgan fingerprint density at radius 1 is 1.17 bits per heavy atom. The van der Waals surface area contributed by atoms with E-state index in [2.05, 4.69) is 36.7 Å². The Bertz CT molecular complexity index is 997. The van der Waals surface area contributed by atoms with Crippen LogP contribution in [0.5, 0.6) is 5.75 Å². The molecule has 1 heterocycles. The lowest BCUT2D eigenvalue weighted by molar-refractivity contribution is -0.136. The summed E-state index contributed by atoms with van der Waals surface area (Å²) in [5, 5.41) is 0. The molecule has 1 fully saturated rings. The van der Waals surface area contributed by atoms with Crippen LogP contribution < -0.4 is 4.74 Å². The average molecular weight is 494 g/mol. The normalized spacial score (nSPS) is 18.2. The summed E-state index contributed by atoms with van der Waals surface area (Å²) >= 11 is 3.45. The van der Waals surface area contributed by atoms with Crippen molar-refractivity contribution in [2.75, 3.05) is 18.1 Å². The number of hydrogen-bond acceptors (Lipinski definition) is 4. The zero-order chi connectivity index (χ0) is 21.9. The van der Waals surface area contributed by atoms with Crippen molar-refractivity contribution in [2.24, 2.45) is 0 Å². The zero-order valence-electron chi connectivity index (χ0n) is 17.6. The second kappa shape index (κ2) is 9.10. The first-order valence-electron chi connectivity index (χ1n) is 10.0. The predicted molar refractivity (Wildman–Crippen MR) is 122 cm³/mol. The van der Waals surface area contributed by atoms with Crippen LogP contribution >= 0.6 is 15.9 Å². The van der Waals surface area contributed by atoms with Crippen LogP contribution in [0.1, 0.15) is 38.3 Å². The second-order valence-corrected chi connectivity index (χ2v) is 11.9. The van der Waals surface area contributed by atoms with E-state index in [1.165, 1.54) is 5.56 Å². The van der Waals surface area contributed by atoms with Gasteiger partial charge in [-0.2, -0.15) is 0 Å². The van der Waals surface area contributed by atoms with Gasteiger partial charge in [0.1, 0.15) is 5.75 Å². The van der Waals surface area contributed by atoms with Gasteiger partial charge < -0.3 is 9.64 Å². The molecular weight excluding hydrogens is 466 g/mol. The lowest BCUT2D eigenvalue weighted by Gasteiger charge is -2.28. The Hall–Kier alpha value is -1.86. The van der Waals surface area contributed by atoms with Gasteiger partial charge in [-0.3, -0.25) is 4.79 Å². The van der Waals surface area contributed by atoms with Crippen LogP contribution in [0.4, 0.5) is 0 Å². The molecule has 0 radical (unpaired) electrons. The summed E-state index contributed by atoms with van der Waals surface area (Å²) in [5.74, 6) is 0.539. The number of ether oxygens (including phenoxy) is 1. The number of carbonyl (C=O) groups excluding carboxylic acids is 1. The number of sulfone groups is 1. The maximum absolute atomic E-state index is 13.0. The van der Waals surface area contributed by atoms with Gasteiger partial charge in [0.15, 0.2) is 16.4 Å². The van der Waals surface area contributed by atoms with Gasteiger partial charge in [0.25, 0.3) is 5.91 Å². The fourth-order valence-corrected chi connectivity index (χ4v) is 5.73. The van der Waals surface area contributed by atoms with Crippen molar-refractivity contribution in [3.8, 4) is 5.75 Å². The van der Waals surface area contributed by atoms with Crippen LogP contribution in [-0.2, 0) is 26.6 Å². The Morgan fingerprint density at radius 3 is 2.43 bits per heavy atom. The van der Waals surface area contributed by atoms with Crippen LogP contribution in [0.3, 0.4) is 0 Å². The topological polar surface area (TPSA) is 63.7 Å². The highest BCUT2D eigenvalue weighted by Crippen LogP contribution is 2.25. The minimum absolute atomic E-state index is 0.00697. The molecule has 0 saturated carbocycles. The summed E-state index contributed by atoms with van der Waals surface area (Å²) in [6.45, 7) is 6.65. The first-order valence-corrected chi connectivity index (χ1v) is 12.6. The molecule has 0 unspecified atom stereocenters. The third-order valence-electron chi connectivity index (χ3n) is 5.29. The van der Waals surface area contributed by atoms with E-state index in [-0.39, 0.29) is 35.5 Å². The maximum Gasteiger partial charge on any atom is 0.261 e. The van der Waals surface area contributed by atoms with Crippen LogP contribution in [0, 0.1) is 0 Å². The van der Waals surface area contributed by atoms with E-state index in [9.17, 15) is 13.2 Å². The molecule has 1 atom stereocenters. The fourth-order valence-electron chi connectivity index (χ4n) is 3.55. The molecule has 0 spiro atoms. The third kappa shape index (κ3) is 6.08. The molecule has 3 rings (SSSR count). The number of rotatable bonds is 6. The molecule has 0 N–H and O–H groups in total. The smallest absolute Gasteiger partial charge is 0.261 e. The largest absolute Gasteiger partial charge is 0.484 e. The number of nitrogens with zero attached hydrogens (tertiary/aromatic N) is 1. The predicted octanol–water partition coefficient (Wildman–Crippen LogP) is 4.34. The summed E-state index contributed by atoms with van der Waals surface area (Å²) in [7, 11) is -3.10. The second-order valence-electron chi connectivity index (χ2n) is 8.77. The molecule has 0 aliphatic carbocycles. The molecule has 162 valence electrons. The van der Waals surface area contributed by atoms with Gasteiger partial charge >= 0.3 is 0 Å². The number of benzene rings is 2. The lowest BCUT2D eigenvalue weighted by atomic mass is 9.87. The van der Waals surface area contributed by atoms with Crippen molar-refractivity contribution >= 4 is 31.7 Å². The highest BCUT2D eigenvalue weighted by Gasteiger charge is 2.34. The van der Waals surface area contributed by atoms with Crippen molar-refractivity contribution < 1.29 is 17.9 Å². The van der Waals surface area contributed by atoms with E-state index >= 15 is 0 Å². The molecule has 2 aromatic carbocycles. The molecule has 0 aromatic heterocycles. The Kier molecular flexibility index (Phi) is 6.92. The molecule has 0 bridgehead atoms. The summed E-state index contributed by atoms with van der Waals surface area (Å²) < 4.78 is 30.6. The summed E-state index contributed by atoms with van der Waals surface area (Å²) in [6.07, 6.45) is 0.461. The number of amides is 1. The Morgan fingerprint density at radius 2 is 1.87 bits per heavy atom. The van der Waals surface area contributed by atoms with Gasteiger partial charge in [-0.05, 0) is 47.2 Å². The molecule has 1 saturated heterocycles. The first kappa shape index (κ1) is 22.8. The standard InChI is InChI=1S/C23H28BrNO4S/c1-23(2,3)18-7-9-21(10-8-18)29-15-22(26)25(20-11-12-30(27,28)16-20)14-17-5-4-6-19(24)13-17/h4-10,13,20H,11-12,14-16H2,1-3H3/t20-/m1/s1. The van der Waals surface area contributed by atoms with Crippen molar-refractivity contribution in [1.29, 1.82) is 0 Å². The quantitative estimate of drug-likeness (QED) is 0.600. The molecule has 30 heavy (non-hydrogen) atoms. The first-order chi connectivity index (χ1) is 14.0. The van der Waals surface area contributed by atoms with Gasteiger partial charge in [-0.25, -0.2) is 8.42 Å². The Balaban J connectivity index is 1.71. The summed E-state index contributed by atoms with van der Waals surface area (Å²) in [4.78, 5) is 14.7. The van der Waals surface area contributed by atoms with Crippen molar-refractivity contribution in [1.82, 2.24) is 4.90 Å². The van der Waals surface area contributed by atoms with E-state index in [0.717, 1.165) is 10.0 Å². The molecule has 5 nitrogen and oxygen atoms in total.